The number of carbonyl (C=O) groups is 2. The highest BCUT2D eigenvalue weighted by Gasteiger charge is 2.07. The summed E-state index contributed by atoms with van der Waals surface area (Å²) >= 11 is 0. The topological polar surface area (TPSA) is 91.3 Å². The minimum atomic E-state index is -0.812. The summed E-state index contributed by atoms with van der Waals surface area (Å²) in [5, 5.41) is 14.0. The van der Waals surface area contributed by atoms with Crippen LogP contribution in [-0.4, -0.2) is 28.6 Å². The van der Waals surface area contributed by atoms with Gasteiger partial charge in [0.05, 0.1) is 0 Å². The molecule has 6 heteroatoms. The van der Waals surface area contributed by atoms with E-state index in [0.29, 0.717) is 19.5 Å². The van der Waals surface area contributed by atoms with Crippen molar-refractivity contribution in [2.24, 2.45) is 5.92 Å². The number of aryl methyl sites for hydroxylation is 1. The molecule has 0 aliphatic carbocycles. The summed E-state index contributed by atoms with van der Waals surface area (Å²) in [5.74, 6) is -0.675. The van der Waals surface area contributed by atoms with Crippen LogP contribution < -0.4 is 10.6 Å². The van der Waals surface area contributed by atoms with E-state index in [0.717, 1.165) is 11.3 Å². The van der Waals surface area contributed by atoms with Gasteiger partial charge in [0.25, 0.3) is 0 Å². The number of carboxylic acids is 1. The van der Waals surface area contributed by atoms with E-state index in [4.69, 9.17) is 5.11 Å². The van der Waals surface area contributed by atoms with Crippen LogP contribution in [0, 0.1) is 12.8 Å². The summed E-state index contributed by atoms with van der Waals surface area (Å²) in [6, 6.07) is 3.55. The molecule has 0 saturated carbocycles. The number of carboxylic acid groups (broad SMARTS) is 1. The van der Waals surface area contributed by atoms with Crippen molar-refractivity contribution in [2.45, 2.75) is 33.2 Å². The Bertz CT molecular complexity index is 445. The number of nitrogens with zero attached hydrogens (tertiary/aromatic N) is 1. The SMILES string of the molecule is Cc1ccc(CNC(=O)NCC(C)CCC(=O)O)cn1. The zero-order chi connectivity index (χ0) is 15.0. The first kappa shape index (κ1) is 15.9. The van der Waals surface area contributed by atoms with Gasteiger partial charge in [-0.1, -0.05) is 13.0 Å². The second-order valence-electron chi connectivity index (χ2n) is 4.91. The molecule has 0 aromatic carbocycles. The van der Waals surface area contributed by atoms with Crippen LogP contribution in [0.25, 0.3) is 0 Å². The van der Waals surface area contributed by atoms with Crippen LogP contribution in [0.5, 0.6) is 0 Å². The number of amides is 2. The molecule has 20 heavy (non-hydrogen) atoms. The molecule has 3 N–H and O–H groups in total. The van der Waals surface area contributed by atoms with Gasteiger partial charge in [-0.25, -0.2) is 4.79 Å². The minimum absolute atomic E-state index is 0.125. The minimum Gasteiger partial charge on any atom is -0.481 e. The fourth-order valence-corrected chi connectivity index (χ4v) is 1.59. The van der Waals surface area contributed by atoms with E-state index in [1.165, 1.54) is 0 Å². The second-order valence-corrected chi connectivity index (χ2v) is 4.91. The van der Waals surface area contributed by atoms with Crippen LogP contribution in [0.1, 0.15) is 31.0 Å². The first-order valence-corrected chi connectivity index (χ1v) is 6.62. The van der Waals surface area contributed by atoms with Gasteiger partial charge in [-0.3, -0.25) is 9.78 Å². The molecule has 0 aliphatic rings. The zero-order valence-corrected chi connectivity index (χ0v) is 11.8. The smallest absolute Gasteiger partial charge is 0.315 e. The van der Waals surface area contributed by atoms with Gasteiger partial charge < -0.3 is 15.7 Å². The second kappa shape index (κ2) is 8.14. The molecule has 0 fully saturated rings. The average molecular weight is 279 g/mol. The Morgan fingerprint density at radius 3 is 2.70 bits per heavy atom. The van der Waals surface area contributed by atoms with Crippen molar-refractivity contribution in [1.29, 1.82) is 0 Å². The molecule has 0 aliphatic heterocycles. The van der Waals surface area contributed by atoms with Gasteiger partial charge >= 0.3 is 12.0 Å². The highest BCUT2D eigenvalue weighted by atomic mass is 16.4. The van der Waals surface area contributed by atoms with Gasteiger partial charge in [0.2, 0.25) is 0 Å². The highest BCUT2D eigenvalue weighted by Crippen LogP contribution is 2.03. The van der Waals surface area contributed by atoms with Gasteiger partial charge in [-0.05, 0) is 30.9 Å². The van der Waals surface area contributed by atoms with Crippen molar-refractivity contribution in [3.05, 3.63) is 29.6 Å². The number of hydrogen-bond acceptors (Lipinski definition) is 3. The monoisotopic (exact) mass is 279 g/mol. The Hall–Kier alpha value is -2.11. The van der Waals surface area contributed by atoms with E-state index in [1.54, 1.807) is 6.20 Å². The maximum atomic E-state index is 11.6. The molecule has 2 amide bonds. The molecular formula is C14H21N3O3. The first-order valence-electron chi connectivity index (χ1n) is 6.62. The van der Waals surface area contributed by atoms with Crippen molar-refractivity contribution in [3.63, 3.8) is 0 Å². The number of rotatable bonds is 7. The number of urea groups is 1. The van der Waals surface area contributed by atoms with Gasteiger partial charge in [-0.2, -0.15) is 0 Å². The van der Waals surface area contributed by atoms with E-state index in [-0.39, 0.29) is 18.4 Å². The molecular weight excluding hydrogens is 258 g/mol. The Morgan fingerprint density at radius 1 is 1.35 bits per heavy atom. The number of aliphatic carboxylic acids is 1. The summed E-state index contributed by atoms with van der Waals surface area (Å²) in [7, 11) is 0. The lowest BCUT2D eigenvalue weighted by molar-refractivity contribution is -0.137. The number of hydrogen-bond donors (Lipinski definition) is 3. The predicted molar refractivity (Wildman–Crippen MR) is 75.2 cm³/mol. The third kappa shape index (κ3) is 6.72. The largest absolute Gasteiger partial charge is 0.481 e. The van der Waals surface area contributed by atoms with E-state index < -0.39 is 5.97 Å². The van der Waals surface area contributed by atoms with Crippen LogP contribution in [0.15, 0.2) is 18.3 Å². The van der Waals surface area contributed by atoms with E-state index >= 15 is 0 Å². The van der Waals surface area contributed by atoms with Crippen LogP contribution in [-0.2, 0) is 11.3 Å². The lowest BCUT2D eigenvalue weighted by Gasteiger charge is -2.12. The van der Waals surface area contributed by atoms with Crippen molar-refractivity contribution >= 4 is 12.0 Å². The van der Waals surface area contributed by atoms with E-state index in [2.05, 4.69) is 15.6 Å². The molecule has 0 radical (unpaired) electrons. The first-order chi connectivity index (χ1) is 9.47. The summed E-state index contributed by atoms with van der Waals surface area (Å²) in [4.78, 5) is 26.1. The standard InChI is InChI=1S/C14H21N3O3/c1-10(3-6-13(18)19)7-16-14(20)17-9-12-5-4-11(2)15-8-12/h4-5,8,10H,3,6-7,9H2,1-2H3,(H,18,19)(H2,16,17,20). The number of aromatic nitrogens is 1. The molecule has 0 bridgehead atoms. The van der Waals surface area contributed by atoms with Crippen molar-refractivity contribution in [3.8, 4) is 0 Å². The quantitative estimate of drug-likeness (QED) is 0.708. The molecule has 1 unspecified atom stereocenters. The van der Waals surface area contributed by atoms with Crippen LogP contribution in [0.3, 0.4) is 0 Å². The third-order valence-corrected chi connectivity index (χ3v) is 2.89. The molecule has 1 aromatic rings. The Kier molecular flexibility index (Phi) is 6.49. The zero-order valence-electron chi connectivity index (χ0n) is 11.8. The molecule has 1 aromatic heterocycles. The molecule has 0 saturated heterocycles. The Morgan fingerprint density at radius 2 is 2.10 bits per heavy atom. The number of nitrogens with one attached hydrogen (secondary N) is 2. The Labute approximate surface area is 118 Å². The summed E-state index contributed by atoms with van der Waals surface area (Å²) in [6.07, 6.45) is 2.40. The fraction of sp³-hybridized carbons (Fsp3) is 0.500. The summed E-state index contributed by atoms with van der Waals surface area (Å²) < 4.78 is 0. The maximum Gasteiger partial charge on any atom is 0.315 e. The van der Waals surface area contributed by atoms with Crippen molar-refractivity contribution in [2.75, 3.05) is 6.54 Å². The normalized spacial score (nSPS) is 11.7. The third-order valence-electron chi connectivity index (χ3n) is 2.89. The van der Waals surface area contributed by atoms with Crippen LogP contribution in [0.4, 0.5) is 4.79 Å². The van der Waals surface area contributed by atoms with E-state index in [9.17, 15) is 9.59 Å². The fourth-order valence-electron chi connectivity index (χ4n) is 1.59. The van der Waals surface area contributed by atoms with Crippen molar-refractivity contribution < 1.29 is 14.7 Å². The summed E-state index contributed by atoms with van der Waals surface area (Å²) in [6.45, 7) is 4.70. The van der Waals surface area contributed by atoms with Crippen molar-refractivity contribution in [1.82, 2.24) is 15.6 Å². The number of pyridine rings is 1. The molecule has 1 heterocycles. The lowest BCUT2D eigenvalue weighted by Crippen LogP contribution is -2.37. The lowest BCUT2D eigenvalue weighted by atomic mass is 10.1. The van der Waals surface area contributed by atoms with Crippen LogP contribution >= 0.6 is 0 Å². The maximum absolute atomic E-state index is 11.6. The average Bonchev–Trinajstić information content (AvgIpc) is 2.42. The van der Waals surface area contributed by atoms with Gasteiger partial charge in [-0.15, -0.1) is 0 Å². The Balaban J connectivity index is 2.20. The molecule has 1 rings (SSSR count). The predicted octanol–water partition coefficient (Wildman–Crippen LogP) is 1.69. The van der Waals surface area contributed by atoms with Gasteiger partial charge in [0.1, 0.15) is 0 Å². The van der Waals surface area contributed by atoms with Gasteiger partial charge in [0, 0.05) is 31.4 Å². The molecule has 0 spiro atoms. The number of carbonyl (C=O) groups excluding carboxylic acids is 1. The molecule has 110 valence electrons. The molecule has 1 atom stereocenters. The van der Waals surface area contributed by atoms with E-state index in [1.807, 2.05) is 26.0 Å². The van der Waals surface area contributed by atoms with Gasteiger partial charge in [0.15, 0.2) is 0 Å². The molecule has 6 nitrogen and oxygen atoms in total. The van der Waals surface area contributed by atoms with Crippen LogP contribution in [0.2, 0.25) is 0 Å². The highest BCUT2D eigenvalue weighted by molar-refractivity contribution is 5.73. The summed E-state index contributed by atoms with van der Waals surface area (Å²) in [5.41, 5.74) is 1.87.